The Morgan fingerprint density at radius 2 is 1.90 bits per heavy atom. The minimum atomic E-state index is -1.04. The summed E-state index contributed by atoms with van der Waals surface area (Å²) < 4.78 is 2.01. The highest BCUT2D eigenvalue weighted by Crippen LogP contribution is 2.38. The molecule has 156 valence electrons. The van der Waals surface area contributed by atoms with E-state index in [9.17, 15) is 9.59 Å². The third-order valence-corrected chi connectivity index (χ3v) is 7.60. The number of hydrogen-bond acceptors (Lipinski definition) is 3. The van der Waals surface area contributed by atoms with Gasteiger partial charge < -0.3 is 9.88 Å². The lowest BCUT2D eigenvalue weighted by molar-refractivity contribution is -0.127. The maximum Gasteiger partial charge on any atom is 0.275 e. The van der Waals surface area contributed by atoms with E-state index >= 15 is 0 Å². The van der Waals surface area contributed by atoms with Crippen LogP contribution in [0.1, 0.15) is 49.5 Å². The summed E-state index contributed by atoms with van der Waals surface area (Å²) in [4.78, 5) is 30.0. The van der Waals surface area contributed by atoms with E-state index in [2.05, 4.69) is 5.32 Å². The fourth-order valence-electron chi connectivity index (χ4n) is 4.78. The van der Waals surface area contributed by atoms with Crippen molar-refractivity contribution in [1.82, 2.24) is 9.88 Å². The van der Waals surface area contributed by atoms with Gasteiger partial charge in [0.15, 0.2) is 0 Å². The number of rotatable bonds is 3. The van der Waals surface area contributed by atoms with Crippen LogP contribution in [-0.2, 0) is 11.3 Å². The summed E-state index contributed by atoms with van der Waals surface area (Å²) in [6.45, 7) is 2.29. The molecule has 1 N–H and O–H groups in total. The third kappa shape index (κ3) is 3.13. The Morgan fingerprint density at radius 1 is 1.17 bits per heavy atom. The Bertz CT molecular complexity index is 1110. The Kier molecular flexibility index (Phi) is 4.86. The van der Waals surface area contributed by atoms with Crippen LogP contribution in [0.5, 0.6) is 0 Å². The maximum atomic E-state index is 13.7. The highest BCUT2D eigenvalue weighted by molar-refractivity contribution is 7.16. The van der Waals surface area contributed by atoms with Crippen molar-refractivity contribution < 1.29 is 9.59 Å². The van der Waals surface area contributed by atoms with Crippen LogP contribution in [0.25, 0.3) is 10.2 Å². The van der Waals surface area contributed by atoms with Gasteiger partial charge >= 0.3 is 0 Å². The second-order valence-corrected chi connectivity index (χ2v) is 9.83. The van der Waals surface area contributed by atoms with E-state index in [0.29, 0.717) is 22.9 Å². The highest BCUT2D eigenvalue weighted by atomic mass is 35.5. The molecule has 5 rings (SSSR count). The first-order chi connectivity index (χ1) is 14.5. The number of halogens is 1. The molecule has 2 aliphatic rings. The number of fused-ring (bicyclic) bond motifs is 3. The van der Waals surface area contributed by atoms with Crippen molar-refractivity contribution >= 4 is 50.7 Å². The molecule has 5 nitrogen and oxygen atoms in total. The minimum Gasteiger partial charge on any atom is -0.351 e. The number of hydrogen-bond donors (Lipinski definition) is 1. The Balaban J connectivity index is 1.59. The average molecular weight is 442 g/mol. The van der Waals surface area contributed by atoms with Crippen molar-refractivity contribution in [3.63, 3.8) is 0 Å². The number of amides is 2. The molecule has 1 saturated carbocycles. The lowest BCUT2D eigenvalue weighted by Gasteiger charge is -2.44. The highest BCUT2D eigenvalue weighted by Gasteiger charge is 2.49. The van der Waals surface area contributed by atoms with E-state index in [1.807, 2.05) is 41.1 Å². The molecule has 2 aromatic heterocycles. The van der Waals surface area contributed by atoms with Crippen molar-refractivity contribution in [2.24, 2.45) is 0 Å². The first-order valence-electron chi connectivity index (χ1n) is 10.5. The van der Waals surface area contributed by atoms with Gasteiger partial charge in [0.2, 0.25) is 5.91 Å². The topological polar surface area (TPSA) is 54.3 Å². The van der Waals surface area contributed by atoms with Gasteiger partial charge in [0, 0.05) is 22.1 Å². The van der Waals surface area contributed by atoms with Crippen LogP contribution >= 0.6 is 22.9 Å². The van der Waals surface area contributed by atoms with Crippen LogP contribution in [0, 0.1) is 0 Å². The molecule has 1 fully saturated rings. The Hall–Kier alpha value is -2.31. The van der Waals surface area contributed by atoms with Crippen LogP contribution < -0.4 is 10.2 Å². The number of carbonyl (C=O) groups is 2. The zero-order valence-corrected chi connectivity index (χ0v) is 18.4. The molecule has 2 amide bonds. The Morgan fingerprint density at radius 3 is 2.63 bits per heavy atom. The summed E-state index contributed by atoms with van der Waals surface area (Å²) in [5.41, 5.74) is 0.266. The summed E-state index contributed by atoms with van der Waals surface area (Å²) in [7, 11) is 0. The molecule has 1 aliphatic heterocycles. The quantitative estimate of drug-likeness (QED) is 0.605. The van der Waals surface area contributed by atoms with Crippen molar-refractivity contribution in [2.75, 3.05) is 4.90 Å². The van der Waals surface area contributed by atoms with Gasteiger partial charge in [-0.05, 0) is 61.5 Å². The van der Waals surface area contributed by atoms with Crippen LogP contribution in [0.4, 0.5) is 5.69 Å². The van der Waals surface area contributed by atoms with Crippen LogP contribution in [0.15, 0.2) is 41.8 Å². The minimum absolute atomic E-state index is 0.0956. The van der Waals surface area contributed by atoms with E-state index < -0.39 is 5.54 Å². The summed E-state index contributed by atoms with van der Waals surface area (Å²) in [5, 5.41) is 6.91. The largest absolute Gasteiger partial charge is 0.351 e. The first-order valence-corrected chi connectivity index (χ1v) is 11.7. The number of aromatic nitrogens is 1. The predicted octanol–water partition coefficient (Wildman–Crippen LogP) is 5.22. The molecule has 30 heavy (non-hydrogen) atoms. The van der Waals surface area contributed by atoms with E-state index in [1.165, 1.54) is 6.42 Å². The summed E-state index contributed by atoms with van der Waals surface area (Å²) in [5.74, 6) is -0.255. The molecular formula is C23H24ClN3O2S. The molecule has 0 saturated heterocycles. The molecule has 3 aromatic rings. The lowest BCUT2D eigenvalue weighted by Crippen LogP contribution is -2.65. The van der Waals surface area contributed by atoms with Gasteiger partial charge in [-0.3, -0.25) is 14.5 Å². The van der Waals surface area contributed by atoms with Crippen LogP contribution in [-0.4, -0.2) is 28.0 Å². The number of nitrogens with zero attached hydrogens (tertiary/aromatic N) is 2. The molecule has 1 aliphatic carbocycles. The van der Waals surface area contributed by atoms with Crippen molar-refractivity contribution in [1.29, 1.82) is 0 Å². The van der Waals surface area contributed by atoms with Crippen molar-refractivity contribution in [3.05, 3.63) is 52.5 Å². The standard InChI is InChI=1S/C23H24ClN3O2S/c1-23(22(29)25-17-5-3-2-4-6-17)14-26-19(13-15-11-12-30-21(15)26)20(28)27(23)18-9-7-16(24)8-10-18/h7-13,17H,2-6,14H2,1H3,(H,25,29)/t23-/m1/s1. The number of nitrogens with one attached hydrogen (secondary N) is 1. The molecule has 0 spiro atoms. The number of anilines is 1. The molecule has 0 unspecified atom stereocenters. The van der Waals surface area contributed by atoms with Crippen molar-refractivity contribution in [2.45, 2.75) is 57.2 Å². The molecule has 0 bridgehead atoms. The third-order valence-electron chi connectivity index (χ3n) is 6.40. The molecule has 7 heteroatoms. The zero-order chi connectivity index (χ0) is 20.9. The normalized spacial score (nSPS) is 22.3. The molecule has 0 radical (unpaired) electrons. The second-order valence-electron chi connectivity index (χ2n) is 8.50. The molecule has 3 heterocycles. The van der Waals surface area contributed by atoms with Gasteiger partial charge in [-0.25, -0.2) is 0 Å². The summed E-state index contributed by atoms with van der Waals surface area (Å²) in [6.07, 6.45) is 5.50. The molecule has 1 atom stereocenters. The lowest BCUT2D eigenvalue weighted by atomic mass is 9.91. The SMILES string of the molecule is C[C@]1(C(=O)NC2CCCCC2)Cn2c(cc3ccsc32)C(=O)N1c1ccc(Cl)cc1. The number of carbonyl (C=O) groups excluding carboxylic acids is 2. The van der Waals surface area contributed by atoms with Crippen LogP contribution in [0.3, 0.4) is 0 Å². The van der Waals surface area contributed by atoms with Gasteiger partial charge in [0.25, 0.3) is 5.91 Å². The smallest absolute Gasteiger partial charge is 0.275 e. The van der Waals surface area contributed by atoms with E-state index in [-0.39, 0.29) is 17.9 Å². The maximum absolute atomic E-state index is 13.7. The predicted molar refractivity (Wildman–Crippen MR) is 121 cm³/mol. The average Bonchev–Trinajstić information content (AvgIpc) is 3.33. The summed E-state index contributed by atoms with van der Waals surface area (Å²) in [6, 6.07) is 11.3. The molecule has 1 aromatic carbocycles. The van der Waals surface area contributed by atoms with Crippen LogP contribution in [0.2, 0.25) is 5.02 Å². The van der Waals surface area contributed by atoms with Gasteiger partial charge in [-0.15, -0.1) is 11.3 Å². The number of thiophene rings is 1. The summed E-state index contributed by atoms with van der Waals surface area (Å²) >= 11 is 7.68. The fraction of sp³-hybridized carbons (Fsp3) is 0.391. The second kappa shape index (κ2) is 7.43. The molecular weight excluding hydrogens is 418 g/mol. The van der Waals surface area contributed by atoms with Gasteiger partial charge in [-0.1, -0.05) is 30.9 Å². The monoisotopic (exact) mass is 441 g/mol. The Labute approximate surface area is 184 Å². The van der Waals surface area contributed by atoms with Gasteiger partial charge in [-0.2, -0.15) is 0 Å². The van der Waals surface area contributed by atoms with Gasteiger partial charge in [0.05, 0.1) is 6.54 Å². The van der Waals surface area contributed by atoms with Crippen molar-refractivity contribution in [3.8, 4) is 0 Å². The first kappa shape index (κ1) is 19.6. The van der Waals surface area contributed by atoms with E-state index in [0.717, 1.165) is 35.9 Å². The number of benzene rings is 1. The van der Waals surface area contributed by atoms with E-state index in [4.69, 9.17) is 11.6 Å². The zero-order valence-electron chi connectivity index (χ0n) is 16.9. The van der Waals surface area contributed by atoms with E-state index in [1.54, 1.807) is 28.4 Å². The van der Waals surface area contributed by atoms with Gasteiger partial charge in [0.1, 0.15) is 16.1 Å². The fourth-order valence-corrected chi connectivity index (χ4v) is 5.80.